The van der Waals surface area contributed by atoms with Gasteiger partial charge in [-0.15, -0.1) is 0 Å². The van der Waals surface area contributed by atoms with Crippen molar-refractivity contribution >= 4 is 31.7 Å². The number of hydrogen-bond acceptors (Lipinski definition) is 24. The summed E-state index contributed by atoms with van der Waals surface area (Å²) in [5, 5.41) is 102. The molecule has 26 heteroatoms. The van der Waals surface area contributed by atoms with Crippen molar-refractivity contribution in [3.8, 4) is 0 Å². The van der Waals surface area contributed by atoms with E-state index in [1.807, 2.05) is 0 Å². The van der Waals surface area contributed by atoms with E-state index in [0.717, 1.165) is 154 Å². The highest BCUT2D eigenvalue weighted by molar-refractivity contribution is 7.47. The van der Waals surface area contributed by atoms with E-state index in [4.69, 9.17) is 46.9 Å². The first-order valence-electron chi connectivity index (χ1n) is 48.5. The second-order valence-corrected chi connectivity index (χ2v) is 36.3. The van der Waals surface area contributed by atoms with E-state index in [2.05, 4.69) is 58.9 Å². The van der Waals surface area contributed by atoms with Crippen molar-refractivity contribution in [2.45, 2.75) is 518 Å². The molecule has 1 aliphatic carbocycles. The van der Waals surface area contributed by atoms with Crippen LogP contribution in [0.25, 0.3) is 0 Å². The van der Waals surface area contributed by atoms with Crippen LogP contribution >= 0.6 is 7.82 Å². The van der Waals surface area contributed by atoms with Gasteiger partial charge in [0.15, 0.2) is 24.8 Å². The lowest BCUT2D eigenvalue weighted by Gasteiger charge is -2.50. The van der Waals surface area contributed by atoms with Crippen LogP contribution in [-0.2, 0) is 70.7 Å². The van der Waals surface area contributed by atoms with E-state index in [1.165, 1.54) is 161 Å². The molecule has 0 aromatic rings. The lowest BCUT2D eigenvalue weighted by Crippen LogP contribution is -2.70. The Kier molecular flexibility index (Phi) is 66.6. The van der Waals surface area contributed by atoms with Gasteiger partial charge in [0.05, 0.1) is 13.2 Å². The second-order valence-electron chi connectivity index (χ2n) is 34.9. The number of rotatable bonds is 78. The number of unbranched alkanes of at least 4 members (excludes halogenated alkanes) is 46. The molecule has 25 nitrogen and oxygen atoms in total. The van der Waals surface area contributed by atoms with Gasteiger partial charge in [-0.1, -0.05) is 335 Å². The van der Waals surface area contributed by atoms with Crippen molar-refractivity contribution in [3.05, 3.63) is 24.3 Å². The molecule has 1 saturated carbocycles. The van der Waals surface area contributed by atoms with Crippen molar-refractivity contribution in [3.63, 3.8) is 0 Å². The van der Waals surface area contributed by atoms with Crippen LogP contribution in [0.3, 0.4) is 0 Å². The summed E-state index contributed by atoms with van der Waals surface area (Å²) in [6.45, 7) is 7.92. The minimum atomic E-state index is -5.81. The Bertz CT molecular complexity index is 2600. The normalized spacial score (nSPS) is 25.1. The fourth-order valence-corrected chi connectivity index (χ4v) is 17.0. The molecule has 3 rings (SSSR count). The third kappa shape index (κ3) is 51.7. The first-order valence-corrected chi connectivity index (χ1v) is 50.0. The number of aliphatic hydroxyl groups is 9. The Balaban J connectivity index is 1.91. The molecule has 19 unspecified atom stereocenters. The van der Waals surface area contributed by atoms with Gasteiger partial charge >= 0.3 is 31.7 Å². The molecule has 0 radical (unpaired) electrons. The van der Waals surface area contributed by atoms with Gasteiger partial charge in [0, 0.05) is 25.7 Å². The molecule has 0 amide bonds. The Labute approximate surface area is 724 Å². The Hall–Kier alpha value is -3.05. The molecule has 19 atom stereocenters. The fraction of sp³-hybridized carbons (Fsp3) is 0.915. The minimum absolute atomic E-state index is 0.0141. The zero-order chi connectivity index (χ0) is 87.6. The maximum absolute atomic E-state index is 14.9. The van der Waals surface area contributed by atoms with Crippen molar-refractivity contribution in [1.29, 1.82) is 0 Å². The maximum atomic E-state index is 14.9. The zero-order valence-corrected chi connectivity index (χ0v) is 76.2. The van der Waals surface area contributed by atoms with Crippen molar-refractivity contribution < 1.29 is 122 Å². The van der Waals surface area contributed by atoms with E-state index in [1.54, 1.807) is 0 Å². The van der Waals surface area contributed by atoms with E-state index in [-0.39, 0.29) is 25.7 Å². The van der Waals surface area contributed by atoms with Crippen LogP contribution in [0.4, 0.5) is 0 Å². The molecule has 0 aromatic carbocycles. The maximum Gasteiger partial charge on any atom is 0.472 e. The van der Waals surface area contributed by atoms with Gasteiger partial charge in [0.2, 0.25) is 0 Å². The smallest absolute Gasteiger partial charge is 0.463 e. The van der Waals surface area contributed by atoms with E-state index in [0.29, 0.717) is 44.4 Å². The second kappa shape index (κ2) is 71.9. The summed E-state index contributed by atoms with van der Waals surface area (Å²) < 4.78 is 73.6. The van der Waals surface area contributed by atoms with Gasteiger partial charge in [0.25, 0.3) is 0 Å². The standard InChI is InChI=1S/C94H173O25P/c1-6-10-14-18-22-25-28-31-34-37-40-43-46-53-59-65-77(96)110-70-74(113-79(98)67-61-55-47-44-41-38-35-32-29-26-23-19-15-11-7-2)71-112-120(108,109)119-92-90(117-93-87(106)83(102)81(100)75(69-95)114-93)86(105)85(104)89(116-80(99)68-62-56-48-45-42-39-36-33-30-27-24-20-16-12-8-3)91(92)118-94-88(107)84(103)82(101)76(115-94)72-111-78(97)66-60-54-50-49-52-58-64-73(5)63-57-51-21-17-13-9-4/h26-27,29-30,73-76,81-95,100-107H,6-25,28,31-72H2,1-5H3,(H,108,109)/b29-26-,30-27-. The molecule has 2 aliphatic heterocycles. The highest BCUT2D eigenvalue weighted by atomic mass is 31.2. The molecule has 3 aliphatic rings. The predicted molar refractivity (Wildman–Crippen MR) is 467 cm³/mol. The van der Waals surface area contributed by atoms with E-state index in [9.17, 15) is 74.6 Å². The first-order chi connectivity index (χ1) is 58.1. The van der Waals surface area contributed by atoms with Crippen LogP contribution in [0.2, 0.25) is 0 Å². The van der Waals surface area contributed by atoms with Crippen molar-refractivity contribution in [2.24, 2.45) is 5.92 Å². The monoisotopic (exact) mass is 1730 g/mol. The summed E-state index contributed by atoms with van der Waals surface area (Å²) in [5.41, 5.74) is 0. The third-order valence-electron chi connectivity index (χ3n) is 23.8. The summed E-state index contributed by atoms with van der Waals surface area (Å²) in [7, 11) is -5.81. The van der Waals surface area contributed by atoms with Gasteiger partial charge < -0.3 is 88.7 Å². The van der Waals surface area contributed by atoms with Gasteiger partial charge in [-0.25, -0.2) is 4.57 Å². The molecule has 0 spiro atoms. The van der Waals surface area contributed by atoms with Gasteiger partial charge in [-0.2, -0.15) is 0 Å². The summed E-state index contributed by atoms with van der Waals surface area (Å²) >= 11 is 0. The number of carbonyl (C=O) groups excluding carboxylic acids is 4. The summed E-state index contributed by atoms with van der Waals surface area (Å²) in [4.78, 5) is 66.6. The number of hydrogen-bond donors (Lipinski definition) is 10. The highest BCUT2D eigenvalue weighted by Crippen LogP contribution is 2.49. The van der Waals surface area contributed by atoms with Crippen LogP contribution in [-0.4, -0.2) is 205 Å². The number of carbonyl (C=O) groups is 4. The van der Waals surface area contributed by atoms with Crippen LogP contribution in [0.5, 0.6) is 0 Å². The largest absolute Gasteiger partial charge is 0.472 e. The number of ether oxygens (including phenoxy) is 8. The molecule has 10 N–H and O–H groups in total. The highest BCUT2D eigenvalue weighted by Gasteiger charge is 2.60. The minimum Gasteiger partial charge on any atom is -0.463 e. The average molecular weight is 1730 g/mol. The Morgan fingerprint density at radius 3 is 1.08 bits per heavy atom. The fourth-order valence-electron chi connectivity index (χ4n) is 16.0. The summed E-state index contributed by atoms with van der Waals surface area (Å²) in [6.07, 6.45) is 31.5. The van der Waals surface area contributed by atoms with Crippen molar-refractivity contribution in [2.75, 3.05) is 26.4 Å². The summed E-state index contributed by atoms with van der Waals surface area (Å²) in [5.74, 6) is -2.28. The third-order valence-corrected chi connectivity index (χ3v) is 24.8. The number of phosphoric acid groups is 1. The number of esters is 4. The molecule has 0 bridgehead atoms. The Morgan fingerprint density at radius 2 is 0.675 bits per heavy atom. The van der Waals surface area contributed by atoms with Gasteiger partial charge in [0.1, 0.15) is 92.6 Å². The van der Waals surface area contributed by atoms with Gasteiger partial charge in [-0.05, 0) is 83.0 Å². The molecule has 2 heterocycles. The van der Waals surface area contributed by atoms with E-state index >= 15 is 0 Å². The molecular weight excluding hydrogens is 1560 g/mol. The number of aliphatic hydroxyl groups excluding tert-OH is 9. The summed E-state index contributed by atoms with van der Waals surface area (Å²) in [6, 6.07) is 0. The van der Waals surface area contributed by atoms with Crippen LogP contribution in [0.15, 0.2) is 24.3 Å². The van der Waals surface area contributed by atoms with Crippen LogP contribution in [0, 0.1) is 5.92 Å². The number of allylic oxidation sites excluding steroid dienone is 4. The van der Waals surface area contributed by atoms with Crippen molar-refractivity contribution in [1.82, 2.24) is 0 Å². The SMILES string of the molecule is CCCCCC/C=C\CCCCCCCCCC(=O)OC(COC(=O)CCCCCCCCCCCCCCCCC)COP(=O)(O)OC1C(OC2OC(CO)C(O)C(O)C2O)C(O)C(O)C(OC(=O)CCCCCCCCC/C=C\CCCCCC)C1OC1OC(COC(=O)CCCCCCCCC(C)CCCCCCCC)C(O)C(O)C1O. The molecule has 704 valence electrons. The topological polar surface area (TPSA) is 380 Å². The first kappa shape index (κ1) is 111. The lowest BCUT2D eigenvalue weighted by atomic mass is 9.84. The zero-order valence-electron chi connectivity index (χ0n) is 75.3. The quantitative estimate of drug-likeness (QED) is 0.00889. The van der Waals surface area contributed by atoms with E-state index < -0.39 is 162 Å². The molecule has 0 aromatic heterocycles. The predicted octanol–water partition coefficient (Wildman–Crippen LogP) is 18.4. The molecule has 2 saturated heterocycles. The van der Waals surface area contributed by atoms with Crippen LogP contribution < -0.4 is 0 Å². The average Bonchev–Trinajstić information content (AvgIpc) is 0.753. The number of phosphoric ester groups is 1. The molecule has 120 heavy (non-hydrogen) atoms. The molecule has 3 fully saturated rings. The molecular formula is C94H173O25P. The lowest BCUT2D eigenvalue weighted by molar-refractivity contribution is -0.360. The Morgan fingerprint density at radius 1 is 0.350 bits per heavy atom. The van der Waals surface area contributed by atoms with Crippen LogP contribution in [0.1, 0.15) is 413 Å². The van der Waals surface area contributed by atoms with Gasteiger partial charge in [-0.3, -0.25) is 28.2 Å².